The molecule has 0 fully saturated rings. The lowest BCUT2D eigenvalue weighted by Crippen LogP contribution is -2.09. The number of hydrogen-bond acceptors (Lipinski definition) is 3. The highest BCUT2D eigenvalue weighted by Gasteiger charge is 2.16. The van der Waals surface area contributed by atoms with Gasteiger partial charge in [-0.1, -0.05) is 11.6 Å². The molecule has 0 saturated carbocycles. The first-order valence-electron chi connectivity index (χ1n) is 4.96. The first-order valence-corrected chi connectivity index (χ1v) is 6.15. The Morgan fingerprint density at radius 1 is 1.56 bits per heavy atom. The van der Waals surface area contributed by atoms with Crippen molar-refractivity contribution in [2.75, 3.05) is 0 Å². The van der Waals surface area contributed by atoms with Gasteiger partial charge in [0.2, 0.25) is 5.78 Å². The van der Waals surface area contributed by atoms with E-state index in [9.17, 15) is 4.79 Å². The molecule has 0 unspecified atom stereocenters. The van der Waals surface area contributed by atoms with E-state index in [1.165, 1.54) is 11.3 Å². The van der Waals surface area contributed by atoms with Gasteiger partial charge in [-0.25, -0.2) is 0 Å². The standard InChI is InChI=1S/C11H11ClN2OS/c1-3-14-8(6-7(2)13-14)11(15)9-4-5-10(12)16-9/h4-6H,3H2,1-2H3. The van der Waals surface area contributed by atoms with Crippen molar-refractivity contribution >= 4 is 28.7 Å². The van der Waals surface area contributed by atoms with Crippen LogP contribution in [0.4, 0.5) is 0 Å². The van der Waals surface area contributed by atoms with Crippen LogP contribution in [0.15, 0.2) is 18.2 Å². The van der Waals surface area contributed by atoms with Crippen LogP contribution in [0.25, 0.3) is 0 Å². The van der Waals surface area contributed by atoms with E-state index < -0.39 is 0 Å². The van der Waals surface area contributed by atoms with Crippen molar-refractivity contribution in [3.8, 4) is 0 Å². The van der Waals surface area contributed by atoms with Crippen LogP contribution in [0, 0.1) is 6.92 Å². The van der Waals surface area contributed by atoms with E-state index in [0.29, 0.717) is 21.5 Å². The number of rotatable bonds is 3. The summed E-state index contributed by atoms with van der Waals surface area (Å²) in [4.78, 5) is 12.8. The van der Waals surface area contributed by atoms with Crippen LogP contribution in [-0.2, 0) is 6.54 Å². The van der Waals surface area contributed by atoms with E-state index in [4.69, 9.17) is 11.6 Å². The summed E-state index contributed by atoms with van der Waals surface area (Å²) in [5.74, 6) is -0.0145. The maximum Gasteiger partial charge on any atom is 0.220 e. The Hall–Kier alpha value is -1.13. The van der Waals surface area contributed by atoms with Crippen LogP contribution in [0.5, 0.6) is 0 Å². The highest BCUT2D eigenvalue weighted by atomic mass is 35.5. The van der Waals surface area contributed by atoms with Gasteiger partial charge in [0.15, 0.2) is 0 Å². The fourth-order valence-corrected chi connectivity index (χ4v) is 2.52. The Morgan fingerprint density at radius 3 is 2.88 bits per heavy atom. The number of aromatic nitrogens is 2. The topological polar surface area (TPSA) is 34.9 Å². The summed E-state index contributed by atoms with van der Waals surface area (Å²) in [7, 11) is 0. The zero-order valence-corrected chi connectivity index (χ0v) is 10.6. The van der Waals surface area contributed by atoms with E-state index >= 15 is 0 Å². The Labute approximate surface area is 103 Å². The number of ketones is 1. The van der Waals surface area contributed by atoms with Gasteiger partial charge in [-0.15, -0.1) is 11.3 Å². The molecule has 5 heteroatoms. The summed E-state index contributed by atoms with van der Waals surface area (Å²) in [5, 5.41) is 4.25. The Morgan fingerprint density at radius 2 is 2.31 bits per heavy atom. The van der Waals surface area contributed by atoms with E-state index in [-0.39, 0.29) is 5.78 Å². The predicted octanol–water partition coefficient (Wildman–Crippen LogP) is 3.16. The van der Waals surface area contributed by atoms with Crippen molar-refractivity contribution in [1.82, 2.24) is 9.78 Å². The molecule has 84 valence electrons. The van der Waals surface area contributed by atoms with Crippen molar-refractivity contribution in [3.05, 3.63) is 38.8 Å². The van der Waals surface area contributed by atoms with Crippen LogP contribution >= 0.6 is 22.9 Å². The second-order valence-electron chi connectivity index (χ2n) is 3.42. The molecule has 3 nitrogen and oxygen atoms in total. The molecule has 0 aromatic carbocycles. The number of aryl methyl sites for hydroxylation is 2. The average molecular weight is 255 g/mol. The molecule has 2 aromatic rings. The first-order chi connectivity index (χ1) is 7.61. The molecule has 2 heterocycles. The summed E-state index contributed by atoms with van der Waals surface area (Å²) in [5.41, 5.74) is 1.48. The van der Waals surface area contributed by atoms with Gasteiger partial charge in [0, 0.05) is 6.54 Å². The van der Waals surface area contributed by atoms with Gasteiger partial charge in [-0.3, -0.25) is 9.48 Å². The van der Waals surface area contributed by atoms with E-state index in [0.717, 1.165) is 5.69 Å². The van der Waals surface area contributed by atoms with Crippen LogP contribution in [0.3, 0.4) is 0 Å². The molecular formula is C11H11ClN2OS. The van der Waals surface area contributed by atoms with Crippen LogP contribution in [-0.4, -0.2) is 15.6 Å². The smallest absolute Gasteiger partial charge is 0.220 e. The van der Waals surface area contributed by atoms with Crippen molar-refractivity contribution in [2.24, 2.45) is 0 Å². The van der Waals surface area contributed by atoms with Crippen molar-refractivity contribution in [3.63, 3.8) is 0 Å². The van der Waals surface area contributed by atoms with Crippen LogP contribution in [0.1, 0.15) is 28.0 Å². The summed E-state index contributed by atoms with van der Waals surface area (Å²) < 4.78 is 2.34. The molecule has 0 aliphatic heterocycles. The SMILES string of the molecule is CCn1nc(C)cc1C(=O)c1ccc(Cl)s1. The Kier molecular flexibility index (Phi) is 3.12. The minimum atomic E-state index is -0.0145. The lowest BCUT2D eigenvalue weighted by Gasteiger charge is -2.01. The third kappa shape index (κ3) is 2.03. The lowest BCUT2D eigenvalue weighted by molar-refractivity contribution is 0.103. The third-order valence-electron chi connectivity index (χ3n) is 2.23. The molecular weight excluding hydrogens is 244 g/mol. The number of halogens is 1. The molecule has 0 aliphatic carbocycles. The third-order valence-corrected chi connectivity index (χ3v) is 3.46. The second kappa shape index (κ2) is 4.39. The lowest BCUT2D eigenvalue weighted by atomic mass is 10.2. The van der Waals surface area contributed by atoms with Gasteiger partial charge >= 0.3 is 0 Å². The van der Waals surface area contributed by atoms with E-state index in [1.54, 1.807) is 22.9 Å². The number of carbonyl (C=O) groups is 1. The molecule has 0 N–H and O–H groups in total. The Balaban J connectivity index is 2.40. The molecule has 2 rings (SSSR count). The molecule has 0 aliphatic rings. The van der Waals surface area contributed by atoms with Gasteiger partial charge in [0.25, 0.3) is 0 Å². The van der Waals surface area contributed by atoms with Crippen LogP contribution in [0.2, 0.25) is 4.34 Å². The van der Waals surface area contributed by atoms with Gasteiger partial charge in [0.1, 0.15) is 5.69 Å². The zero-order chi connectivity index (χ0) is 11.7. The highest BCUT2D eigenvalue weighted by Crippen LogP contribution is 2.24. The van der Waals surface area contributed by atoms with E-state index in [1.807, 2.05) is 13.8 Å². The maximum atomic E-state index is 12.1. The second-order valence-corrected chi connectivity index (χ2v) is 5.13. The summed E-state index contributed by atoms with van der Waals surface area (Å²) in [6.07, 6.45) is 0. The molecule has 16 heavy (non-hydrogen) atoms. The van der Waals surface area contributed by atoms with Gasteiger partial charge in [-0.05, 0) is 32.0 Å². The molecule has 0 atom stereocenters. The normalized spacial score (nSPS) is 10.7. The monoisotopic (exact) mass is 254 g/mol. The molecule has 0 amide bonds. The number of thiophene rings is 1. The summed E-state index contributed by atoms with van der Waals surface area (Å²) in [6.45, 7) is 4.53. The first kappa shape index (κ1) is 11.4. The fourth-order valence-electron chi connectivity index (χ4n) is 1.53. The summed E-state index contributed by atoms with van der Waals surface area (Å²) >= 11 is 7.11. The minimum Gasteiger partial charge on any atom is -0.286 e. The summed E-state index contributed by atoms with van der Waals surface area (Å²) in [6, 6.07) is 5.29. The van der Waals surface area contributed by atoms with Gasteiger partial charge in [0.05, 0.1) is 14.9 Å². The predicted molar refractivity (Wildman–Crippen MR) is 65.4 cm³/mol. The van der Waals surface area contributed by atoms with Gasteiger partial charge in [-0.2, -0.15) is 5.10 Å². The molecule has 0 saturated heterocycles. The maximum absolute atomic E-state index is 12.1. The molecule has 0 bridgehead atoms. The largest absolute Gasteiger partial charge is 0.286 e. The van der Waals surface area contributed by atoms with Gasteiger partial charge < -0.3 is 0 Å². The molecule has 2 aromatic heterocycles. The molecule has 0 spiro atoms. The number of carbonyl (C=O) groups excluding carboxylic acids is 1. The quantitative estimate of drug-likeness (QED) is 0.789. The van der Waals surface area contributed by atoms with Crippen LogP contribution < -0.4 is 0 Å². The molecule has 0 radical (unpaired) electrons. The zero-order valence-electron chi connectivity index (χ0n) is 9.03. The van der Waals surface area contributed by atoms with Crippen molar-refractivity contribution < 1.29 is 4.79 Å². The number of nitrogens with zero attached hydrogens (tertiary/aromatic N) is 2. The number of hydrogen-bond donors (Lipinski definition) is 0. The van der Waals surface area contributed by atoms with Crippen molar-refractivity contribution in [1.29, 1.82) is 0 Å². The Bertz CT molecular complexity index is 530. The van der Waals surface area contributed by atoms with E-state index in [2.05, 4.69) is 5.10 Å². The average Bonchev–Trinajstić information content (AvgIpc) is 2.83. The van der Waals surface area contributed by atoms with Crippen molar-refractivity contribution in [2.45, 2.75) is 20.4 Å². The minimum absolute atomic E-state index is 0.0145. The highest BCUT2D eigenvalue weighted by molar-refractivity contribution is 7.18. The fraction of sp³-hybridized carbons (Fsp3) is 0.273.